The topological polar surface area (TPSA) is 38.7 Å². The Kier molecular flexibility index (Phi) is 3.81. The molecule has 0 fully saturated rings. The molecular weight excluding hydrogens is 210 g/mol. The van der Waals surface area contributed by atoms with E-state index in [9.17, 15) is 0 Å². The number of hydrogen-bond acceptors (Lipinski definition) is 3. The summed E-state index contributed by atoms with van der Waals surface area (Å²) in [6, 6.07) is 5.90. The van der Waals surface area contributed by atoms with Crippen LogP contribution < -0.4 is 0 Å². The SMILES string of the molecule is CCCCc1nc(-c2ncccn2)ccc1C. The lowest BCUT2D eigenvalue weighted by molar-refractivity contribution is 0.772. The molecule has 0 N–H and O–H groups in total. The first kappa shape index (κ1) is 11.7. The number of aryl methyl sites for hydroxylation is 2. The van der Waals surface area contributed by atoms with E-state index in [1.165, 1.54) is 18.4 Å². The molecule has 2 aromatic rings. The Balaban J connectivity index is 2.31. The summed E-state index contributed by atoms with van der Waals surface area (Å²) >= 11 is 0. The van der Waals surface area contributed by atoms with Gasteiger partial charge in [0.15, 0.2) is 5.82 Å². The van der Waals surface area contributed by atoms with E-state index in [4.69, 9.17) is 0 Å². The molecule has 0 saturated carbocycles. The molecular formula is C14H17N3. The van der Waals surface area contributed by atoms with Crippen LogP contribution in [0.1, 0.15) is 31.0 Å². The van der Waals surface area contributed by atoms with Gasteiger partial charge in [-0.15, -0.1) is 0 Å². The fourth-order valence-corrected chi connectivity index (χ4v) is 1.72. The van der Waals surface area contributed by atoms with Crippen LogP contribution >= 0.6 is 0 Å². The number of unbranched alkanes of at least 4 members (excludes halogenated alkanes) is 1. The van der Waals surface area contributed by atoms with Crippen molar-refractivity contribution in [3.63, 3.8) is 0 Å². The lowest BCUT2D eigenvalue weighted by atomic mass is 10.1. The summed E-state index contributed by atoms with van der Waals surface area (Å²) in [4.78, 5) is 13.1. The van der Waals surface area contributed by atoms with Gasteiger partial charge in [0, 0.05) is 18.1 Å². The van der Waals surface area contributed by atoms with E-state index in [-0.39, 0.29) is 0 Å². The first-order valence-electron chi connectivity index (χ1n) is 6.05. The number of aromatic nitrogens is 3. The Morgan fingerprint density at radius 3 is 2.59 bits per heavy atom. The van der Waals surface area contributed by atoms with E-state index in [0.717, 1.165) is 17.8 Å². The molecule has 0 bridgehead atoms. The summed E-state index contributed by atoms with van der Waals surface area (Å²) < 4.78 is 0. The van der Waals surface area contributed by atoms with Crippen LogP contribution in [0.25, 0.3) is 11.5 Å². The van der Waals surface area contributed by atoms with Gasteiger partial charge in [0.25, 0.3) is 0 Å². The van der Waals surface area contributed by atoms with Crippen LogP contribution in [0.4, 0.5) is 0 Å². The maximum atomic E-state index is 4.66. The molecule has 0 amide bonds. The second-order valence-electron chi connectivity index (χ2n) is 4.14. The molecule has 17 heavy (non-hydrogen) atoms. The quantitative estimate of drug-likeness (QED) is 0.805. The van der Waals surface area contributed by atoms with Crippen LogP contribution in [0, 0.1) is 6.92 Å². The summed E-state index contributed by atoms with van der Waals surface area (Å²) in [5.74, 6) is 0.699. The highest BCUT2D eigenvalue weighted by molar-refractivity contribution is 5.49. The highest BCUT2D eigenvalue weighted by Crippen LogP contribution is 2.16. The van der Waals surface area contributed by atoms with Crippen LogP contribution in [0.2, 0.25) is 0 Å². The molecule has 3 heteroatoms. The predicted molar refractivity (Wildman–Crippen MR) is 68.6 cm³/mol. The van der Waals surface area contributed by atoms with E-state index in [2.05, 4.69) is 34.9 Å². The normalized spacial score (nSPS) is 10.5. The fraction of sp³-hybridized carbons (Fsp3) is 0.357. The average Bonchev–Trinajstić information content (AvgIpc) is 2.39. The van der Waals surface area contributed by atoms with Crippen LogP contribution in [0.3, 0.4) is 0 Å². The van der Waals surface area contributed by atoms with E-state index < -0.39 is 0 Å². The summed E-state index contributed by atoms with van der Waals surface area (Å²) in [6.45, 7) is 4.30. The van der Waals surface area contributed by atoms with Gasteiger partial charge >= 0.3 is 0 Å². The summed E-state index contributed by atoms with van der Waals surface area (Å²) in [5, 5.41) is 0. The molecule has 88 valence electrons. The minimum atomic E-state index is 0.699. The van der Waals surface area contributed by atoms with Crippen molar-refractivity contribution in [3.8, 4) is 11.5 Å². The summed E-state index contributed by atoms with van der Waals surface area (Å²) in [6.07, 6.45) is 6.88. The predicted octanol–water partition coefficient (Wildman–Crippen LogP) is 3.19. The van der Waals surface area contributed by atoms with E-state index in [1.807, 2.05) is 12.1 Å². The Hall–Kier alpha value is -1.77. The van der Waals surface area contributed by atoms with Crippen molar-refractivity contribution >= 4 is 0 Å². The van der Waals surface area contributed by atoms with Gasteiger partial charge in [0.1, 0.15) is 5.69 Å². The van der Waals surface area contributed by atoms with E-state index in [1.54, 1.807) is 12.4 Å². The highest BCUT2D eigenvalue weighted by atomic mass is 14.9. The van der Waals surface area contributed by atoms with Gasteiger partial charge in [-0.2, -0.15) is 0 Å². The molecule has 0 unspecified atom stereocenters. The molecule has 2 rings (SSSR count). The lowest BCUT2D eigenvalue weighted by Gasteiger charge is -2.06. The van der Waals surface area contributed by atoms with Crippen molar-refractivity contribution in [2.75, 3.05) is 0 Å². The van der Waals surface area contributed by atoms with E-state index >= 15 is 0 Å². The minimum Gasteiger partial charge on any atom is -0.249 e. The average molecular weight is 227 g/mol. The monoisotopic (exact) mass is 227 g/mol. The zero-order chi connectivity index (χ0) is 12.1. The van der Waals surface area contributed by atoms with Crippen molar-refractivity contribution in [3.05, 3.63) is 41.9 Å². The lowest BCUT2D eigenvalue weighted by Crippen LogP contribution is -1.98. The van der Waals surface area contributed by atoms with Gasteiger partial charge in [0.05, 0.1) is 0 Å². The molecule has 0 radical (unpaired) electrons. The highest BCUT2D eigenvalue weighted by Gasteiger charge is 2.05. The van der Waals surface area contributed by atoms with Crippen molar-refractivity contribution in [1.29, 1.82) is 0 Å². The van der Waals surface area contributed by atoms with Gasteiger partial charge < -0.3 is 0 Å². The number of rotatable bonds is 4. The standard InChI is InChI=1S/C14H17N3/c1-3-4-6-12-11(2)7-8-13(17-12)14-15-9-5-10-16-14/h5,7-10H,3-4,6H2,1-2H3. The van der Waals surface area contributed by atoms with Crippen molar-refractivity contribution in [2.24, 2.45) is 0 Å². The van der Waals surface area contributed by atoms with Gasteiger partial charge in [-0.1, -0.05) is 19.4 Å². The molecule has 0 aliphatic heterocycles. The van der Waals surface area contributed by atoms with Crippen LogP contribution in [-0.2, 0) is 6.42 Å². The Morgan fingerprint density at radius 2 is 1.88 bits per heavy atom. The third kappa shape index (κ3) is 2.87. The first-order chi connectivity index (χ1) is 8.31. The van der Waals surface area contributed by atoms with Gasteiger partial charge in [-0.3, -0.25) is 0 Å². The Bertz CT molecular complexity index is 480. The molecule has 3 nitrogen and oxygen atoms in total. The molecule has 0 saturated heterocycles. The second kappa shape index (κ2) is 5.53. The van der Waals surface area contributed by atoms with Crippen LogP contribution in [0.15, 0.2) is 30.6 Å². The molecule has 0 spiro atoms. The number of pyridine rings is 1. The van der Waals surface area contributed by atoms with E-state index in [0.29, 0.717) is 5.82 Å². The van der Waals surface area contributed by atoms with Crippen LogP contribution in [-0.4, -0.2) is 15.0 Å². The third-order valence-electron chi connectivity index (χ3n) is 2.76. The van der Waals surface area contributed by atoms with Crippen molar-refractivity contribution in [2.45, 2.75) is 33.1 Å². The maximum absolute atomic E-state index is 4.66. The van der Waals surface area contributed by atoms with Crippen molar-refractivity contribution < 1.29 is 0 Å². The summed E-state index contributed by atoms with van der Waals surface area (Å²) in [7, 11) is 0. The number of hydrogen-bond donors (Lipinski definition) is 0. The minimum absolute atomic E-state index is 0.699. The smallest absolute Gasteiger partial charge is 0.178 e. The number of nitrogens with zero attached hydrogens (tertiary/aromatic N) is 3. The molecule has 0 aliphatic carbocycles. The summed E-state index contributed by atoms with van der Waals surface area (Å²) in [5.41, 5.74) is 3.28. The zero-order valence-corrected chi connectivity index (χ0v) is 10.3. The van der Waals surface area contributed by atoms with Gasteiger partial charge in [0.2, 0.25) is 0 Å². The zero-order valence-electron chi connectivity index (χ0n) is 10.3. The Labute approximate surface area is 102 Å². The molecule has 2 heterocycles. The van der Waals surface area contributed by atoms with Crippen LogP contribution in [0.5, 0.6) is 0 Å². The largest absolute Gasteiger partial charge is 0.249 e. The third-order valence-corrected chi connectivity index (χ3v) is 2.76. The molecule has 0 aliphatic rings. The molecule has 0 atom stereocenters. The maximum Gasteiger partial charge on any atom is 0.178 e. The van der Waals surface area contributed by atoms with Crippen molar-refractivity contribution in [1.82, 2.24) is 15.0 Å². The molecule has 2 aromatic heterocycles. The fourth-order valence-electron chi connectivity index (χ4n) is 1.72. The van der Waals surface area contributed by atoms with Gasteiger partial charge in [-0.25, -0.2) is 15.0 Å². The second-order valence-corrected chi connectivity index (χ2v) is 4.14. The first-order valence-corrected chi connectivity index (χ1v) is 6.05. The Morgan fingerprint density at radius 1 is 1.12 bits per heavy atom. The molecule has 0 aromatic carbocycles. The van der Waals surface area contributed by atoms with Gasteiger partial charge in [-0.05, 0) is 37.5 Å².